The van der Waals surface area contributed by atoms with E-state index in [4.69, 9.17) is 4.74 Å². The van der Waals surface area contributed by atoms with Crippen LogP contribution in [0.25, 0.3) is 0 Å². The van der Waals surface area contributed by atoms with Crippen molar-refractivity contribution in [2.24, 2.45) is 5.92 Å². The van der Waals surface area contributed by atoms with Crippen LogP contribution in [0, 0.1) is 5.92 Å². The molecule has 0 saturated carbocycles. The van der Waals surface area contributed by atoms with Crippen LogP contribution in [0.2, 0.25) is 0 Å². The molecule has 2 heterocycles. The molecule has 1 fully saturated rings. The van der Waals surface area contributed by atoms with E-state index in [1.807, 2.05) is 24.3 Å². The lowest BCUT2D eigenvalue weighted by molar-refractivity contribution is -0.131. The van der Waals surface area contributed by atoms with Crippen LogP contribution < -0.4 is 10.2 Å². The molecule has 1 saturated heterocycles. The van der Waals surface area contributed by atoms with E-state index in [0.717, 1.165) is 12.1 Å². The summed E-state index contributed by atoms with van der Waals surface area (Å²) in [5, 5.41) is 3.02. The van der Waals surface area contributed by atoms with Gasteiger partial charge in [0.1, 0.15) is 11.6 Å². The molecule has 1 aromatic carbocycles. The number of carbonyl (C=O) groups excluding carboxylic acids is 3. The quantitative estimate of drug-likeness (QED) is 0.676. The number of nitrogens with one attached hydrogen (secondary N) is 1. The summed E-state index contributed by atoms with van der Waals surface area (Å²) in [4.78, 5) is 41.3. The largest absolute Gasteiger partial charge is 0.444 e. The smallest absolute Gasteiger partial charge is 0.410 e. The average molecular weight is 444 g/mol. The van der Waals surface area contributed by atoms with E-state index in [2.05, 4.69) is 19.2 Å². The summed E-state index contributed by atoms with van der Waals surface area (Å²) in [5.74, 6) is 0.0317. The molecule has 0 aliphatic carbocycles. The maximum absolute atomic E-state index is 12.9. The van der Waals surface area contributed by atoms with Gasteiger partial charge in [-0.25, -0.2) is 4.79 Å². The van der Waals surface area contributed by atoms with Crippen LogP contribution >= 0.6 is 0 Å². The second kappa shape index (κ2) is 9.76. The fraction of sp³-hybridized carbons (Fsp3) is 0.560. The molecule has 0 spiro atoms. The predicted octanol–water partition coefficient (Wildman–Crippen LogP) is 3.92. The minimum atomic E-state index is -0.606. The van der Waals surface area contributed by atoms with E-state index in [1.54, 1.807) is 37.8 Å². The second-order valence-electron chi connectivity index (χ2n) is 9.95. The van der Waals surface area contributed by atoms with Crippen LogP contribution in [0.3, 0.4) is 0 Å². The monoisotopic (exact) mass is 443 g/mol. The number of ether oxygens (including phenoxy) is 1. The Balaban J connectivity index is 0.00000385. The lowest BCUT2D eigenvalue weighted by Gasteiger charge is -2.40. The van der Waals surface area contributed by atoms with Gasteiger partial charge in [-0.15, -0.1) is 0 Å². The van der Waals surface area contributed by atoms with E-state index >= 15 is 0 Å². The second-order valence-corrected chi connectivity index (χ2v) is 9.95. The first kappa shape index (κ1) is 23.8. The lowest BCUT2D eigenvalue weighted by atomic mass is 9.99. The van der Waals surface area contributed by atoms with E-state index in [0.29, 0.717) is 31.8 Å². The highest BCUT2D eigenvalue weighted by Crippen LogP contribution is 2.27. The molecule has 2 aliphatic rings. The Morgan fingerprint density at radius 2 is 1.94 bits per heavy atom. The predicted molar refractivity (Wildman–Crippen MR) is 126 cm³/mol. The normalized spacial score (nSPS) is 19.0. The first-order valence-corrected chi connectivity index (χ1v) is 11.4. The van der Waals surface area contributed by atoms with E-state index < -0.39 is 17.7 Å². The van der Waals surface area contributed by atoms with Gasteiger partial charge in [-0.2, -0.15) is 0 Å². The molecule has 0 radical (unpaired) electrons. The van der Waals surface area contributed by atoms with Gasteiger partial charge in [0.15, 0.2) is 0 Å². The van der Waals surface area contributed by atoms with Gasteiger partial charge in [-0.3, -0.25) is 14.5 Å². The number of fused-ring (bicyclic) bond motifs is 1. The minimum absolute atomic E-state index is 0. The van der Waals surface area contributed by atoms with Crippen molar-refractivity contribution in [2.75, 3.05) is 18.0 Å². The molecule has 2 aliphatic heterocycles. The number of rotatable bonds is 6. The van der Waals surface area contributed by atoms with Crippen molar-refractivity contribution in [3.05, 3.63) is 42.0 Å². The fourth-order valence-electron chi connectivity index (χ4n) is 4.03. The molecule has 7 nitrogen and oxygen atoms in total. The Morgan fingerprint density at radius 3 is 2.56 bits per heavy atom. The lowest BCUT2D eigenvalue weighted by Crippen LogP contribution is -2.60. The molecule has 32 heavy (non-hydrogen) atoms. The third kappa shape index (κ3) is 5.90. The molecule has 3 rings (SSSR count). The SMILES string of the molecule is CC(C)C[C@@H](/C=C/C(=O)N1CCc2ccccc21)NC(=O)[C@@H]1CCN1C(=O)OC(C)(C)C.[HH]. The Kier molecular flexibility index (Phi) is 7.26. The number of hydrogen-bond acceptors (Lipinski definition) is 4. The molecule has 2 atom stereocenters. The van der Waals surface area contributed by atoms with E-state index in [-0.39, 0.29) is 19.3 Å². The number of nitrogens with zero attached hydrogens (tertiary/aromatic N) is 2. The van der Waals surface area contributed by atoms with Crippen molar-refractivity contribution in [1.82, 2.24) is 10.2 Å². The van der Waals surface area contributed by atoms with Crippen LogP contribution in [0.4, 0.5) is 10.5 Å². The van der Waals surface area contributed by atoms with E-state index in [9.17, 15) is 14.4 Å². The molecular weight excluding hydrogens is 406 g/mol. The van der Waals surface area contributed by atoms with Crippen LogP contribution in [-0.4, -0.2) is 53.6 Å². The summed E-state index contributed by atoms with van der Waals surface area (Å²) in [7, 11) is 0. The van der Waals surface area contributed by atoms with Gasteiger partial charge >= 0.3 is 6.09 Å². The Morgan fingerprint density at radius 1 is 1.22 bits per heavy atom. The highest BCUT2D eigenvalue weighted by atomic mass is 16.6. The zero-order chi connectivity index (χ0) is 23.5. The first-order valence-electron chi connectivity index (χ1n) is 11.4. The molecule has 0 aromatic heterocycles. The first-order chi connectivity index (χ1) is 15.0. The van der Waals surface area contributed by atoms with Crippen molar-refractivity contribution in [1.29, 1.82) is 0 Å². The topological polar surface area (TPSA) is 79.0 Å². The van der Waals surface area contributed by atoms with Crippen LogP contribution in [0.1, 0.15) is 54.5 Å². The maximum Gasteiger partial charge on any atom is 0.410 e. The van der Waals surface area contributed by atoms with Gasteiger partial charge in [0.25, 0.3) is 5.91 Å². The summed E-state index contributed by atoms with van der Waals surface area (Å²) in [6.45, 7) is 10.7. The molecule has 3 amide bonds. The zero-order valence-corrected chi connectivity index (χ0v) is 19.8. The van der Waals surface area contributed by atoms with Gasteiger partial charge in [0.05, 0.1) is 0 Å². The maximum atomic E-state index is 12.9. The number of carbonyl (C=O) groups is 3. The number of anilines is 1. The summed E-state index contributed by atoms with van der Waals surface area (Å²) in [5.41, 5.74) is 1.52. The summed E-state index contributed by atoms with van der Waals surface area (Å²) in [6.07, 6.45) is 5.02. The van der Waals surface area contributed by atoms with Crippen molar-refractivity contribution >= 4 is 23.6 Å². The van der Waals surface area contributed by atoms with E-state index in [1.165, 1.54) is 10.5 Å². The van der Waals surface area contributed by atoms with Gasteiger partial charge in [-0.05, 0) is 57.6 Å². The Bertz CT molecular complexity index is 894. The van der Waals surface area contributed by atoms with Crippen LogP contribution in [0.5, 0.6) is 0 Å². The van der Waals surface area contributed by atoms with Crippen LogP contribution in [0.15, 0.2) is 36.4 Å². The Hall–Kier alpha value is -2.83. The summed E-state index contributed by atoms with van der Waals surface area (Å²) < 4.78 is 5.40. The third-order valence-corrected chi connectivity index (χ3v) is 5.63. The zero-order valence-electron chi connectivity index (χ0n) is 19.8. The highest BCUT2D eigenvalue weighted by Gasteiger charge is 2.40. The summed E-state index contributed by atoms with van der Waals surface area (Å²) in [6, 6.07) is 7.11. The number of benzene rings is 1. The standard InChI is InChI=1S/C25H35N3O4.H2/c1-17(2)16-19(10-11-22(29)27-14-12-18-8-6-7-9-20(18)27)26-23(30)21-13-15-28(21)24(31)32-25(3,4)5;/h6-11,17,19,21H,12-16H2,1-5H3,(H,26,30);1H/b11-10+;/t19-,21+;/m1./s1. The molecular formula is C25H37N3O4. The molecule has 1 N–H and O–H groups in total. The summed E-state index contributed by atoms with van der Waals surface area (Å²) >= 11 is 0. The number of likely N-dealkylation sites (tertiary alicyclic amines) is 1. The molecule has 7 heteroatoms. The van der Waals surface area contributed by atoms with Crippen molar-refractivity contribution in [3.8, 4) is 0 Å². The highest BCUT2D eigenvalue weighted by molar-refractivity contribution is 6.03. The molecule has 1 aromatic rings. The number of amides is 3. The molecule has 176 valence electrons. The third-order valence-electron chi connectivity index (χ3n) is 5.63. The van der Waals surface area contributed by atoms with Gasteiger partial charge in [-0.1, -0.05) is 38.1 Å². The average Bonchev–Trinajstić information content (AvgIpc) is 3.07. The van der Waals surface area contributed by atoms with Crippen molar-refractivity contribution in [3.63, 3.8) is 0 Å². The van der Waals surface area contributed by atoms with Crippen molar-refractivity contribution in [2.45, 2.75) is 71.6 Å². The number of hydrogen-bond donors (Lipinski definition) is 1. The number of para-hydroxylation sites is 1. The fourth-order valence-corrected chi connectivity index (χ4v) is 4.03. The molecule has 0 bridgehead atoms. The minimum Gasteiger partial charge on any atom is -0.444 e. The van der Waals surface area contributed by atoms with Gasteiger partial charge in [0.2, 0.25) is 5.91 Å². The van der Waals surface area contributed by atoms with Gasteiger partial charge in [0, 0.05) is 32.3 Å². The van der Waals surface area contributed by atoms with Crippen molar-refractivity contribution < 1.29 is 20.5 Å². The van der Waals surface area contributed by atoms with Gasteiger partial charge < -0.3 is 15.0 Å². The molecule has 0 unspecified atom stereocenters. The Labute approximate surface area is 192 Å². The van der Waals surface area contributed by atoms with Crippen LogP contribution in [-0.2, 0) is 20.7 Å².